The van der Waals surface area contributed by atoms with E-state index in [0.717, 1.165) is 0 Å². The molecule has 0 aromatic heterocycles. The molecule has 3 unspecified atom stereocenters. The molecule has 36 heavy (non-hydrogen) atoms. The van der Waals surface area contributed by atoms with E-state index >= 15 is 0 Å². The second kappa shape index (κ2) is 11.5. The Labute approximate surface area is 206 Å². The van der Waals surface area contributed by atoms with Gasteiger partial charge in [-0.05, 0) is 56.6 Å². The summed E-state index contributed by atoms with van der Waals surface area (Å²) in [5.74, 6) is -3.19. The summed E-state index contributed by atoms with van der Waals surface area (Å²) in [4.78, 5) is 34.8. The number of nitrogens with one attached hydrogen (secondary N) is 3. The molecule has 1 aromatic carbocycles. The molecule has 3 atom stereocenters. The second-order valence-corrected chi connectivity index (χ2v) is 11.3. The Bertz CT molecular complexity index is 1050. The van der Waals surface area contributed by atoms with E-state index in [0.29, 0.717) is 31.2 Å². The van der Waals surface area contributed by atoms with Gasteiger partial charge in [-0.1, -0.05) is 18.2 Å². The molecular formula is C22H29F3N4O6S. The number of alkyl halides is 3. The SMILES string of the molecule is O=C(NNC(=O)C1CCC(CNS(=O)(=O)C2CCC(C(F)(F)F)CC2[N+](=O)[O-])CC1)c1ccccc1. The Hall–Kier alpha value is -2.74. The van der Waals surface area contributed by atoms with E-state index in [1.165, 1.54) is 0 Å². The smallest absolute Gasteiger partial charge is 0.273 e. The highest BCUT2D eigenvalue weighted by molar-refractivity contribution is 7.90. The number of sulfonamides is 1. The molecular weight excluding hydrogens is 505 g/mol. The van der Waals surface area contributed by atoms with Crippen molar-refractivity contribution in [2.45, 2.75) is 62.4 Å². The summed E-state index contributed by atoms with van der Waals surface area (Å²) < 4.78 is 66.9. The van der Waals surface area contributed by atoms with Crippen molar-refractivity contribution >= 4 is 21.8 Å². The van der Waals surface area contributed by atoms with E-state index < -0.39 is 63.5 Å². The first kappa shape index (κ1) is 27.8. The zero-order valence-corrected chi connectivity index (χ0v) is 20.2. The van der Waals surface area contributed by atoms with E-state index in [1.54, 1.807) is 30.3 Å². The van der Waals surface area contributed by atoms with Gasteiger partial charge in [0.1, 0.15) is 5.25 Å². The predicted molar refractivity (Wildman–Crippen MR) is 122 cm³/mol. The molecule has 0 aliphatic heterocycles. The largest absolute Gasteiger partial charge is 0.392 e. The maximum absolute atomic E-state index is 13.0. The first-order chi connectivity index (χ1) is 16.9. The lowest BCUT2D eigenvalue weighted by Crippen LogP contribution is -2.51. The van der Waals surface area contributed by atoms with E-state index in [2.05, 4.69) is 15.6 Å². The van der Waals surface area contributed by atoms with E-state index in [-0.39, 0.29) is 24.3 Å². The molecule has 2 amide bonds. The fraction of sp³-hybridized carbons (Fsp3) is 0.636. The Morgan fingerprint density at radius 2 is 1.64 bits per heavy atom. The van der Waals surface area contributed by atoms with Crippen LogP contribution in [0.15, 0.2) is 30.3 Å². The summed E-state index contributed by atoms with van der Waals surface area (Å²) in [6, 6.07) is 6.52. The molecule has 3 rings (SSSR count). The number of carbonyl (C=O) groups is 2. The summed E-state index contributed by atoms with van der Waals surface area (Å²) in [6.07, 6.45) is -4.46. The third kappa shape index (κ3) is 7.15. The fourth-order valence-electron chi connectivity index (χ4n) is 4.85. The number of benzene rings is 1. The van der Waals surface area contributed by atoms with Crippen LogP contribution in [0.5, 0.6) is 0 Å². The first-order valence-electron chi connectivity index (χ1n) is 11.7. The minimum Gasteiger partial charge on any atom is -0.273 e. The average Bonchev–Trinajstić information content (AvgIpc) is 2.85. The third-order valence-electron chi connectivity index (χ3n) is 7.01. The monoisotopic (exact) mass is 534 g/mol. The number of nitro groups is 1. The van der Waals surface area contributed by atoms with Crippen LogP contribution in [-0.4, -0.2) is 49.2 Å². The van der Waals surface area contributed by atoms with E-state index in [4.69, 9.17) is 0 Å². The predicted octanol–water partition coefficient (Wildman–Crippen LogP) is 2.55. The molecule has 2 aliphatic carbocycles. The summed E-state index contributed by atoms with van der Waals surface area (Å²) >= 11 is 0. The van der Waals surface area contributed by atoms with Crippen molar-refractivity contribution in [2.24, 2.45) is 17.8 Å². The van der Waals surface area contributed by atoms with Crippen molar-refractivity contribution in [1.82, 2.24) is 15.6 Å². The van der Waals surface area contributed by atoms with Gasteiger partial charge in [-0.15, -0.1) is 0 Å². The third-order valence-corrected chi connectivity index (χ3v) is 8.93. The van der Waals surface area contributed by atoms with Crippen molar-refractivity contribution < 1.29 is 36.1 Å². The topological polar surface area (TPSA) is 148 Å². The summed E-state index contributed by atoms with van der Waals surface area (Å²) in [6.45, 7) is -0.00888. The summed E-state index contributed by atoms with van der Waals surface area (Å²) in [5, 5.41) is 9.82. The molecule has 2 saturated carbocycles. The maximum atomic E-state index is 13.0. The van der Waals surface area contributed by atoms with Crippen molar-refractivity contribution in [3.63, 3.8) is 0 Å². The van der Waals surface area contributed by atoms with Crippen LogP contribution in [0.2, 0.25) is 0 Å². The van der Waals surface area contributed by atoms with Crippen LogP contribution in [0.3, 0.4) is 0 Å². The lowest BCUT2D eigenvalue weighted by molar-refractivity contribution is -0.528. The maximum Gasteiger partial charge on any atom is 0.392 e. The summed E-state index contributed by atoms with van der Waals surface area (Å²) in [5.41, 5.74) is 5.15. The zero-order valence-electron chi connectivity index (χ0n) is 19.4. The number of hydrazine groups is 1. The Kier molecular flexibility index (Phi) is 8.93. The number of nitrogens with zero attached hydrogens (tertiary/aromatic N) is 1. The molecule has 3 N–H and O–H groups in total. The highest BCUT2D eigenvalue weighted by atomic mass is 32.2. The van der Waals surface area contributed by atoms with E-state index in [1.807, 2.05) is 0 Å². The van der Waals surface area contributed by atoms with Gasteiger partial charge in [0, 0.05) is 29.4 Å². The second-order valence-electron chi connectivity index (χ2n) is 9.36. The molecule has 2 fully saturated rings. The van der Waals surface area contributed by atoms with Gasteiger partial charge in [0.25, 0.3) is 5.91 Å². The minimum absolute atomic E-state index is 0.00888. The van der Waals surface area contributed by atoms with Gasteiger partial charge in [-0.25, -0.2) is 13.1 Å². The fourth-order valence-corrected chi connectivity index (χ4v) is 6.60. The van der Waals surface area contributed by atoms with Crippen LogP contribution >= 0.6 is 0 Å². The molecule has 14 heteroatoms. The summed E-state index contributed by atoms with van der Waals surface area (Å²) in [7, 11) is -4.21. The van der Waals surface area contributed by atoms with Gasteiger partial charge >= 0.3 is 6.18 Å². The van der Waals surface area contributed by atoms with Crippen LogP contribution in [0, 0.1) is 27.9 Å². The molecule has 200 valence electrons. The van der Waals surface area contributed by atoms with Gasteiger partial charge in [-0.3, -0.25) is 30.6 Å². The molecule has 0 heterocycles. The number of halogens is 3. The van der Waals surface area contributed by atoms with Crippen LogP contribution in [0.1, 0.15) is 55.3 Å². The van der Waals surface area contributed by atoms with Crippen LogP contribution in [0.25, 0.3) is 0 Å². The highest BCUT2D eigenvalue weighted by Gasteiger charge is 2.52. The molecule has 1 aromatic rings. The molecule has 0 radical (unpaired) electrons. The van der Waals surface area contributed by atoms with Gasteiger partial charge in [0.05, 0.1) is 5.92 Å². The van der Waals surface area contributed by atoms with Crippen LogP contribution in [0.4, 0.5) is 13.2 Å². The molecule has 0 bridgehead atoms. The quantitative estimate of drug-likeness (QED) is 0.362. The standard InChI is InChI=1S/C22H29F3N4O6S/c23-22(24,25)17-10-11-19(18(12-17)29(32)33)36(34,35)26-13-14-6-8-16(9-7-14)21(31)28-27-20(30)15-4-2-1-3-5-15/h1-5,14,16-19,26H,6-13H2,(H,27,30)(H,28,31). The Morgan fingerprint density at radius 1 is 1.00 bits per heavy atom. The molecule has 2 aliphatic rings. The average molecular weight is 535 g/mol. The van der Waals surface area contributed by atoms with Crippen LogP contribution in [-0.2, 0) is 14.8 Å². The normalized spacial score (nSPS) is 27.1. The van der Waals surface area contributed by atoms with Gasteiger partial charge in [0.2, 0.25) is 22.0 Å². The van der Waals surface area contributed by atoms with Crippen molar-refractivity contribution in [1.29, 1.82) is 0 Å². The lowest BCUT2D eigenvalue weighted by Gasteiger charge is -2.32. The number of hydrogen-bond acceptors (Lipinski definition) is 6. The van der Waals surface area contributed by atoms with Gasteiger partial charge < -0.3 is 0 Å². The van der Waals surface area contributed by atoms with E-state index in [9.17, 15) is 41.3 Å². The minimum atomic E-state index is -4.61. The number of amides is 2. The van der Waals surface area contributed by atoms with Crippen molar-refractivity contribution in [3.8, 4) is 0 Å². The molecule has 0 saturated heterocycles. The van der Waals surface area contributed by atoms with Gasteiger partial charge in [0.15, 0.2) is 0 Å². The lowest BCUT2D eigenvalue weighted by atomic mass is 9.82. The Morgan fingerprint density at radius 3 is 2.22 bits per heavy atom. The Balaban J connectivity index is 1.45. The van der Waals surface area contributed by atoms with Crippen molar-refractivity contribution in [3.05, 3.63) is 46.0 Å². The number of rotatable bonds is 7. The highest BCUT2D eigenvalue weighted by Crippen LogP contribution is 2.40. The number of carbonyl (C=O) groups excluding carboxylic acids is 2. The van der Waals surface area contributed by atoms with Crippen LogP contribution < -0.4 is 15.6 Å². The molecule has 10 nitrogen and oxygen atoms in total. The van der Waals surface area contributed by atoms with Gasteiger partial charge in [-0.2, -0.15) is 13.2 Å². The number of hydrogen-bond donors (Lipinski definition) is 3. The first-order valence-corrected chi connectivity index (χ1v) is 13.3. The van der Waals surface area contributed by atoms with Crippen molar-refractivity contribution in [2.75, 3.05) is 6.54 Å². The zero-order chi connectivity index (χ0) is 26.5. The molecule has 0 spiro atoms.